The molecule has 0 bridgehead atoms. The number of nitrogens with zero attached hydrogens (tertiary/aromatic N) is 2. The molecule has 1 aliphatic heterocycles. The summed E-state index contributed by atoms with van der Waals surface area (Å²) in [4.78, 5) is 8.49. The molecule has 4 nitrogen and oxygen atoms in total. The van der Waals surface area contributed by atoms with Crippen molar-refractivity contribution >= 4 is 17.6 Å². The molecule has 13 heavy (non-hydrogen) atoms. The second-order valence-corrected chi connectivity index (χ2v) is 4.06. The van der Waals surface area contributed by atoms with E-state index < -0.39 is 0 Å². The van der Waals surface area contributed by atoms with E-state index in [1.807, 2.05) is 11.8 Å². The summed E-state index contributed by atoms with van der Waals surface area (Å²) >= 11 is 1.88. The third-order valence-electron chi connectivity index (χ3n) is 2.09. The number of nitrogens with two attached hydrogens (primary N) is 2. The molecule has 0 spiro atoms. The number of fused-ring (bicyclic) bond motifs is 1. The number of rotatable bonds is 1. The average Bonchev–Trinajstić information content (AvgIpc) is 2.18. The number of hydrogen-bond acceptors (Lipinski definition) is 5. The first-order valence-corrected chi connectivity index (χ1v) is 5.38. The van der Waals surface area contributed by atoms with Crippen LogP contribution in [0.4, 0.5) is 5.82 Å². The average molecular weight is 196 g/mol. The molecule has 2 rings (SSSR count). The number of hydrogen-bond donors (Lipinski definition) is 2. The van der Waals surface area contributed by atoms with Gasteiger partial charge in [0.2, 0.25) is 0 Å². The van der Waals surface area contributed by atoms with Gasteiger partial charge in [-0.05, 0) is 12.2 Å². The highest BCUT2D eigenvalue weighted by molar-refractivity contribution is 7.98. The molecule has 1 aromatic heterocycles. The van der Waals surface area contributed by atoms with E-state index in [-0.39, 0.29) is 0 Å². The van der Waals surface area contributed by atoms with Crippen molar-refractivity contribution in [3.8, 4) is 0 Å². The van der Waals surface area contributed by atoms with Crippen molar-refractivity contribution in [1.29, 1.82) is 0 Å². The van der Waals surface area contributed by atoms with Gasteiger partial charge in [0.1, 0.15) is 11.6 Å². The van der Waals surface area contributed by atoms with Gasteiger partial charge in [0.15, 0.2) is 0 Å². The maximum Gasteiger partial charge on any atom is 0.144 e. The Balaban J connectivity index is 2.47. The SMILES string of the molecule is NCc1nc(N)c2c(n1)CSCC2. The normalized spacial score (nSPS) is 15.5. The second-order valence-electron chi connectivity index (χ2n) is 2.96. The van der Waals surface area contributed by atoms with Crippen molar-refractivity contribution in [2.24, 2.45) is 5.73 Å². The van der Waals surface area contributed by atoms with E-state index in [4.69, 9.17) is 11.5 Å². The number of aromatic nitrogens is 2. The summed E-state index contributed by atoms with van der Waals surface area (Å²) in [6.07, 6.45) is 0.983. The van der Waals surface area contributed by atoms with Gasteiger partial charge in [-0.3, -0.25) is 0 Å². The smallest absolute Gasteiger partial charge is 0.144 e. The fourth-order valence-corrected chi connectivity index (χ4v) is 2.35. The van der Waals surface area contributed by atoms with Gasteiger partial charge < -0.3 is 11.5 Å². The van der Waals surface area contributed by atoms with Gasteiger partial charge in [-0.15, -0.1) is 0 Å². The number of anilines is 1. The Bertz CT molecular complexity index is 326. The lowest BCUT2D eigenvalue weighted by Gasteiger charge is -2.16. The van der Waals surface area contributed by atoms with Crippen LogP contribution < -0.4 is 11.5 Å². The Kier molecular flexibility index (Phi) is 2.37. The quantitative estimate of drug-likeness (QED) is 0.675. The van der Waals surface area contributed by atoms with Gasteiger partial charge in [0, 0.05) is 11.3 Å². The molecule has 1 aromatic rings. The third kappa shape index (κ3) is 1.62. The maximum atomic E-state index is 5.80. The van der Waals surface area contributed by atoms with E-state index in [0.29, 0.717) is 18.2 Å². The van der Waals surface area contributed by atoms with Gasteiger partial charge in [-0.1, -0.05) is 0 Å². The molecule has 0 amide bonds. The van der Waals surface area contributed by atoms with Crippen molar-refractivity contribution in [3.63, 3.8) is 0 Å². The van der Waals surface area contributed by atoms with Crippen molar-refractivity contribution in [1.82, 2.24) is 9.97 Å². The van der Waals surface area contributed by atoms with Crippen LogP contribution in [0.3, 0.4) is 0 Å². The zero-order valence-corrected chi connectivity index (χ0v) is 8.10. The van der Waals surface area contributed by atoms with E-state index in [1.165, 1.54) is 0 Å². The first kappa shape index (κ1) is 8.77. The van der Waals surface area contributed by atoms with Crippen LogP contribution in [0, 0.1) is 0 Å². The number of nitrogen functional groups attached to an aromatic ring is 1. The topological polar surface area (TPSA) is 77.8 Å². The van der Waals surface area contributed by atoms with Crippen LogP contribution in [0.2, 0.25) is 0 Å². The lowest BCUT2D eigenvalue weighted by Crippen LogP contribution is -2.14. The Morgan fingerprint density at radius 1 is 1.38 bits per heavy atom. The molecular weight excluding hydrogens is 184 g/mol. The summed E-state index contributed by atoms with van der Waals surface area (Å²) in [5.41, 5.74) is 13.5. The van der Waals surface area contributed by atoms with Gasteiger partial charge >= 0.3 is 0 Å². The Morgan fingerprint density at radius 3 is 3.00 bits per heavy atom. The number of thioether (sulfide) groups is 1. The molecule has 70 valence electrons. The predicted molar refractivity (Wildman–Crippen MR) is 54.2 cm³/mol. The second kappa shape index (κ2) is 3.51. The van der Waals surface area contributed by atoms with E-state index in [2.05, 4.69) is 9.97 Å². The highest BCUT2D eigenvalue weighted by Gasteiger charge is 2.15. The van der Waals surface area contributed by atoms with Crippen LogP contribution in [-0.4, -0.2) is 15.7 Å². The Hall–Kier alpha value is -0.810. The minimum atomic E-state index is 0.363. The van der Waals surface area contributed by atoms with Crippen LogP contribution in [0.5, 0.6) is 0 Å². The molecular formula is C8H12N4S. The molecule has 0 unspecified atom stereocenters. The van der Waals surface area contributed by atoms with Crippen LogP contribution in [0.25, 0.3) is 0 Å². The molecule has 1 aliphatic rings. The van der Waals surface area contributed by atoms with Crippen molar-refractivity contribution in [2.75, 3.05) is 11.5 Å². The van der Waals surface area contributed by atoms with E-state index in [9.17, 15) is 0 Å². The largest absolute Gasteiger partial charge is 0.383 e. The van der Waals surface area contributed by atoms with E-state index in [0.717, 1.165) is 29.2 Å². The van der Waals surface area contributed by atoms with Crippen molar-refractivity contribution in [2.45, 2.75) is 18.7 Å². The summed E-state index contributed by atoms with van der Waals surface area (Å²) in [5.74, 6) is 3.32. The molecule has 0 saturated heterocycles. The molecule has 2 heterocycles. The lowest BCUT2D eigenvalue weighted by molar-refractivity contribution is 0.864. The highest BCUT2D eigenvalue weighted by atomic mass is 32.2. The third-order valence-corrected chi connectivity index (χ3v) is 3.06. The minimum absolute atomic E-state index is 0.363. The van der Waals surface area contributed by atoms with Gasteiger partial charge in [-0.25, -0.2) is 9.97 Å². The van der Waals surface area contributed by atoms with Gasteiger partial charge in [-0.2, -0.15) is 11.8 Å². The summed E-state index contributed by atoms with van der Waals surface area (Å²) in [6, 6.07) is 0. The molecule has 0 atom stereocenters. The molecule has 0 radical (unpaired) electrons. The van der Waals surface area contributed by atoms with E-state index >= 15 is 0 Å². The van der Waals surface area contributed by atoms with Crippen molar-refractivity contribution < 1.29 is 0 Å². The maximum absolute atomic E-state index is 5.80. The fourth-order valence-electron chi connectivity index (χ4n) is 1.43. The summed E-state index contributed by atoms with van der Waals surface area (Å²) < 4.78 is 0. The standard InChI is InChI=1S/C8H12N4S/c9-3-7-11-6-4-13-2-1-5(6)8(10)12-7/h1-4,9H2,(H2,10,11,12). The molecule has 0 aliphatic carbocycles. The lowest BCUT2D eigenvalue weighted by atomic mass is 10.1. The first-order chi connectivity index (χ1) is 6.31. The van der Waals surface area contributed by atoms with E-state index in [1.54, 1.807) is 0 Å². The molecule has 4 N–H and O–H groups in total. The fraction of sp³-hybridized carbons (Fsp3) is 0.500. The molecule has 0 fully saturated rings. The summed E-state index contributed by atoms with van der Waals surface area (Å²) in [5, 5.41) is 0. The zero-order chi connectivity index (χ0) is 9.26. The van der Waals surface area contributed by atoms with Crippen molar-refractivity contribution in [3.05, 3.63) is 17.1 Å². The van der Waals surface area contributed by atoms with Crippen LogP contribution >= 0.6 is 11.8 Å². The molecule has 0 aromatic carbocycles. The summed E-state index contributed by atoms with van der Waals surface area (Å²) in [6.45, 7) is 0.363. The molecule has 5 heteroatoms. The Labute approximate surface area is 81.1 Å². The van der Waals surface area contributed by atoms with Crippen LogP contribution in [0.1, 0.15) is 17.1 Å². The molecule has 0 saturated carbocycles. The van der Waals surface area contributed by atoms with Gasteiger partial charge in [0.05, 0.1) is 12.2 Å². The van der Waals surface area contributed by atoms with Crippen LogP contribution in [-0.2, 0) is 18.7 Å². The summed E-state index contributed by atoms with van der Waals surface area (Å²) in [7, 11) is 0. The highest BCUT2D eigenvalue weighted by Crippen LogP contribution is 2.25. The van der Waals surface area contributed by atoms with Gasteiger partial charge in [0.25, 0.3) is 0 Å². The first-order valence-electron chi connectivity index (χ1n) is 4.23. The monoisotopic (exact) mass is 196 g/mol. The minimum Gasteiger partial charge on any atom is -0.383 e. The zero-order valence-electron chi connectivity index (χ0n) is 7.29. The predicted octanol–water partition coefficient (Wildman–Crippen LogP) is 0.307. The van der Waals surface area contributed by atoms with Crippen LogP contribution in [0.15, 0.2) is 0 Å². The Morgan fingerprint density at radius 2 is 2.23 bits per heavy atom.